The molecule has 5 nitrogen and oxygen atoms in total. The van der Waals surface area contributed by atoms with Crippen LogP contribution in [0.15, 0.2) is 89.6 Å². The zero-order valence-corrected chi connectivity index (χ0v) is 17.3. The third-order valence-electron chi connectivity index (χ3n) is 5.30. The fraction of sp³-hybridized carbons (Fsp3) is 0.125. The number of pyridine rings is 2. The largest absolute Gasteiger partial charge is 0.459 e. The first kappa shape index (κ1) is 19.4. The zero-order chi connectivity index (χ0) is 21.2. The Morgan fingerprint density at radius 2 is 1.71 bits per heavy atom. The molecule has 1 aliphatic heterocycles. The SMILES string of the molecule is Fc1ccc(-c2ccc([C@H]3[C@H](c4ccccn4)NC(=S)N3Cc3ccccn3)o2)cc1. The Kier molecular flexibility index (Phi) is 5.18. The van der Waals surface area contributed by atoms with Crippen LogP contribution in [0.25, 0.3) is 11.3 Å². The number of thiocarbonyl (C=S) groups is 1. The Balaban J connectivity index is 1.53. The lowest BCUT2D eigenvalue weighted by molar-refractivity contribution is 0.267. The van der Waals surface area contributed by atoms with Gasteiger partial charge in [0.15, 0.2) is 5.11 Å². The van der Waals surface area contributed by atoms with E-state index in [2.05, 4.69) is 20.2 Å². The van der Waals surface area contributed by atoms with Crippen molar-refractivity contribution in [2.24, 2.45) is 0 Å². The average Bonchev–Trinajstić information content (AvgIpc) is 3.41. The van der Waals surface area contributed by atoms with Gasteiger partial charge in [0.25, 0.3) is 0 Å². The standard InChI is InChI=1S/C24H19FN4OS/c25-17-9-7-16(8-10-17)20-11-12-21(30-20)23-22(19-6-2-4-14-27-19)28-24(31)29(23)15-18-5-1-3-13-26-18/h1-14,22-23H,15H2,(H,28,31)/t22-,23-/m0/s1. The summed E-state index contributed by atoms with van der Waals surface area (Å²) in [5.41, 5.74) is 2.59. The van der Waals surface area contributed by atoms with Crippen molar-refractivity contribution in [3.8, 4) is 11.3 Å². The van der Waals surface area contributed by atoms with Crippen molar-refractivity contribution < 1.29 is 8.81 Å². The van der Waals surface area contributed by atoms with E-state index in [0.29, 0.717) is 17.4 Å². The quantitative estimate of drug-likeness (QED) is 0.447. The lowest BCUT2D eigenvalue weighted by Gasteiger charge is -2.25. The highest BCUT2D eigenvalue weighted by Crippen LogP contribution is 2.41. The van der Waals surface area contributed by atoms with Gasteiger partial charge in [0.05, 0.1) is 24.0 Å². The van der Waals surface area contributed by atoms with Crippen LogP contribution in [0.3, 0.4) is 0 Å². The summed E-state index contributed by atoms with van der Waals surface area (Å²) in [5.74, 6) is 1.14. The Bertz CT molecular complexity index is 1180. The van der Waals surface area contributed by atoms with Gasteiger partial charge in [-0.1, -0.05) is 12.1 Å². The van der Waals surface area contributed by atoms with E-state index in [1.54, 1.807) is 24.5 Å². The molecule has 154 valence electrons. The predicted octanol–water partition coefficient (Wildman–Crippen LogP) is 5.05. The minimum Gasteiger partial charge on any atom is -0.459 e. The molecule has 1 aliphatic rings. The lowest BCUT2D eigenvalue weighted by atomic mass is 10.0. The fourth-order valence-corrected chi connectivity index (χ4v) is 4.14. The minimum atomic E-state index is -0.280. The number of hydrogen-bond acceptors (Lipinski definition) is 4. The normalized spacial score (nSPS) is 18.2. The summed E-state index contributed by atoms with van der Waals surface area (Å²) in [6.07, 6.45) is 3.54. The van der Waals surface area contributed by atoms with Crippen LogP contribution in [0, 0.1) is 5.82 Å². The summed E-state index contributed by atoms with van der Waals surface area (Å²) in [6, 6.07) is 21.4. The second kappa shape index (κ2) is 8.28. The molecule has 1 saturated heterocycles. The van der Waals surface area contributed by atoms with Crippen molar-refractivity contribution in [3.63, 3.8) is 0 Å². The maximum Gasteiger partial charge on any atom is 0.170 e. The molecule has 4 aromatic rings. The van der Waals surface area contributed by atoms with Crippen molar-refractivity contribution in [1.82, 2.24) is 20.2 Å². The molecule has 1 aromatic carbocycles. The van der Waals surface area contributed by atoms with Crippen LogP contribution in [-0.2, 0) is 6.54 Å². The topological polar surface area (TPSA) is 54.2 Å². The summed E-state index contributed by atoms with van der Waals surface area (Å²) in [5, 5.41) is 4.02. The zero-order valence-electron chi connectivity index (χ0n) is 16.5. The number of nitrogens with one attached hydrogen (secondary N) is 1. The number of nitrogens with zero attached hydrogens (tertiary/aromatic N) is 3. The van der Waals surface area contributed by atoms with Crippen LogP contribution in [0.5, 0.6) is 0 Å². The second-order valence-corrected chi connectivity index (χ2v) is 7.67. The van der Waals surface area contributed by atoms with E-state index in [4.69, 9.17) is 16.6 Å². The van der Waals surface area contributed by atoms with Crippen LogP contribution in [0.1, 0.15) is 29.2 Å². The van der Waals surface area contributed by atoms with Crippen LogP contribution in [-0.4, -0.2) is 20.0 Å². The molecule has 3 aromatic heterocycles. The van der Waals surface area contributed by atoms with Gasteiger partial charge in [-0.25, -0.2) is 4.39 Å². The molecule has 4 heterocycles. The first-order valence-electron chi connectivity index (χ1n) is 9.93. The number of rotatable bonds is 5. The predicted molar refractivity (Wildman–Crippen MR) is 119 cm³/mol. The highest BCUT2D eigenvalue weighted by atomic mass is 32.1. The first-order chi connectivity index (χ1) is 15.2. The summed E-state index contributed by atoms with van der Waals surface area (Å²) in [7, 11) is 0. The van der Waals surface area contributed by atoms with E-state index in [9.17, 15) is 4.39 Å². The van der Waals surface area contributed by atoms with Gasteiger partial charge in [-0.2, -0.15) is 0 Å². The lowest BCUT2D eigenvalue weighted by Crippen LogP contribution is -2.29. The molecule has 5 rings (SSSR count). The third kappa shape index (κ3) is 3.92. The van der Waals surface area contributed by atoms with Gasteiger partial charge in [0.1, 0.15) is 23.4 Å². The van der Waals surface area contributed by atoms with Crippen LogP contribution < -0.4 is 5.32 Å². The smallest absolute Gasteiger partial charge is 0.170 e. The fourth-order valence-electron chi connectivity index (χ4n) is 3.83. The Labute approximate surface area is 184 Å². The van der Waals surface area contributed by atoms with Gasteiger partial charge >= 0.3 is 0 Å². The van der Waals surface area contributed by atoms with Crippen molar-refractivity contribution in [1.29, 1.82) is 0 Å². The average molecular weight is 431 g/mol. The number of aromatic nitrogens is 2. The van der Waals surface area contributed by atoms with E-state index < -0.39 is 0 Å². The van der Waals surface area contributed by atoms with Crippen molar-refractivity contribution in [2.75, 3.05) is 0 Å². The molecular formula is C24H19FN4OS. The molecule has 0 spiro atoms. The molecule has 0 amide bonds. The molecule has 1 fully saturated rings. The van der Waals surface area contributed by atoms with E-state index in [1.165, 1.54) is 12.1 Å². The monoisotopic (exact) mass is 430 g/mol. The third-order valence-corrected chi connectivity index (χ3v) is 5.66. The molecule has 1 N–H and O–H groups in total. The summed E-state index contributed by atoms with van der Waals surface area (Å²) < 4.78 is 19.6. The van der Waals surface area contributed by atoms with E-state index in [-0.39, 0.29) is 17.9 Å². The van der Waals surface area contributed by atoms with Crippen LogP contribution in [0.4, 0.5) is 4.39 Å². The molecule has 0 saturated carbocycles. The molecule has 0 aliphatic carbocycles. The highest BCUT2D eigenvalue weighted by Gasteiger charge is 2.41. The summed E-state index contributed by atoms with van der Waals surface area (Å²) in [6.45, 7) is 0.535. The van der Waals surface area contributed by atoms with Crippen molar-refractivity contribution in [3.05, 3.63) is 108 Å². The van der Waals surface area contributed by atoms with Crippen molar-refractivity contribution >= 4 is 17.3 Å². The van der Waals surface area contributed by atoms with E-state index >= 15 is 0 Å². The van der Waals surface area contributed by atoms with Crippen LogP contribution in [0.2, 0.25) is 0 Å². The molecular weight excluding hydrogens is 411 g/mol. The number of halogens is 1. The maximum absolute atomic E-state index is 13.3. The number of furan rings is 1. The van der Waals surface area contributed by atoms with Gasteiger partial charge < -0.3 is 14.6 Å². The second-order valence-electron chi connectivity index (χ2n) is 7.28. The Hall–Kier alpha value is -3.58. The van der Waals surface area contributed by atoms with Gasteiger partial charge in [-0.05, 0) is 72.9 Å². The molecule has 31 heavy (non-hydrogen) atoms. The molecule has 0 unspecified atom stereocenters. The summed E-state index contributed by atoms with van der Waals surface area (Å²) in [4.78, 5) is 11.1. The summed E-state index contributed by atoms with van der Waals surface area (Å²) >= 11 is 5.68. The van der Waals surface area contributed by atoms with Gasteiger partial charge in [0.2, 0.25) is 0 Å². The maximum atomic E-state index is 13.3. The number of benzene rings is 1. The van der Waals surface area contributed by atoms with E-state index in [1.807, 2.05) is 48.5 Å². The van der Waals surface area contributed by atoms with Gasteiger partial charge in [0, 0.05) is 18.0 Å². The van der Waals surface area contributed by atoms with Gasteiger partial charge in [-0.15, -0.1) is 0 Å². The highest BCUT2D eigenvalue weighted by molar-refractivity contribution is 7.80. The number of hydrogen-bond donors (Lipinski definition) is 1. The van der Waals surface area contributed by atoms with Gasteiger partial charge in [-0.3, -0.25) is 9.97 Å². The first-order valence-corrected chi connectivity index (χ1v) is 10.3. The molecule has 7 heteroatoms. The van der Waals surface area contributed by atoms with Crippen molar-refractivity contribution in [2.45, 2.75) is 18.6 Å². The molecule has 0 radical (unpaired) electrons. The Morgan fingerprint density at radius 3 is 2.42 bits per heavy atom. The van der Waals surface area contributed by atoms with E-state index in [0.717, 1.165) is 22.7 Å². The van der Waals surface area contributed by atoms with Crippen LogP contribution >= 0.6 is 12.2 Å². The molecule has 2 atom stereocenters. The minimum absolute atomic E-state index is 0.176. The Morgan fingerprint density at radius 1 is 0.935 bits per heavy atom. The molecule has 0 bridgehead atoms.